The molecule has 0 radical (unpaired) electrons. The van der Waals surface area contributed by atoms with Gasteiger partial charge in [0.25, 0.3) is 0 Å². The maximum Gasteiger partial charge on any atom is 0.194 e. The standard InChI is InChI=1S/C16H24BrN3O2.HI/c1-4-18-16(20-7-5-6-8-20)19-11-12-9-14(21-2)15(22-3)10-13(12)17;/h9-10H,4-8,11H2,1-3H3,(H,18,19);1H. The minimum Gasteiger partial charge on any atom is -0.493 e. The van der Waals surface area contributed by atoms with E-state index in [0.29, 0.717) is 12.3 Å². The molecular formula is C16H25BrIN3O2. The van der Waals surface area contributed by atoms with Crippen LogP contribution in [0.5, 0.6) is 11.5 Å². The van der Waals surface area contributed by atoms with E-state index in [2.05, 4.69) is 33.1 Å². The Labute approximate surface area is 164 Å². The second kappa shape index (κ2) is 10.2. The largest absolute Gasteiger partial charge is 0.493 e. The van der Waals surface area contributed by atoms with Gasteiger partial charge in [-0.3, -0.25) is 0 Å². The van der Waals surface area contributed by atoms with E-state index in [1.54, 1.807) is 14.2 Å². The molecule has 0 amide bonds. The first-order valence-corrected chi connectivity index (χ1v) is 8.42. The Hall–Kier alpha value is -0.700. The fourth-order valence-electron chi connectivity index (χ4n) is 2.53. The van der Waals surface area contributed by atoms with E-state index < -0.39 is 0 Å². The molecule has 1 aliphatic rings. The number of hydrogen-bond acceptors (Lipinski definition) is 3. The Morgan fingerprint density at radius 2 is 1.83 bits per heavy atom. The number of hydrogen-bond donors (Lipinski definition) is 1. The first kappa shape index (κ1) is 20.3. The smallest absolute Gasteiger partial charge is 0.194 e. The number of halogens is 2. The zero-order valence-corrected chi connectivity index (χ0v) is 17.8. The van der Waals surface area contributed by atoms with Crippen molar-refractivity contribution >= 4 is 45.9 Å². The second-order valence-electron chi connectivity index (χ2n) is 5.16. The summed E-state index contributed by atoms with van der Waals surface area (Å²) >= 11 is 3.59. The molecule has 0 spiro atoms. The van der Waals surface area contributed by atoms with Crippen molar-refractivity contribution in [1.82, 2.24) is 10.2 Å². The van der Waals surface area contributed by atoms with Crippen LogP contribution in [-0.2, 0) is 6.54 Å². The number of ether oxygens (including phenoxy) is 2. The molecule has 130 valence electrons. The first-order chi connectivity index (χ1) is 10.7. The average Bonchev–Trinajstić information content (AvgIpc) is 3.06. The summed E-state index contributed by atoms with van der Waals surface area (Å²) in [6.07, 6.45) is 2.48. The van der Waals surface area contributed by atoms with Gasteiger partial charge < -0.3 is 19.7 Å². The van der Waals surface area contributed by atoms with Crippen molar-refractivity contribution in [2.24, 2.45) is 4.99 Å². The SMILES string of the molecule is CCNC(=NCc1cc(OC)c(OC)cc1Br)N1CCCC1.I. The van der Waals surface area contributed by atoms with Gasteiger partial charge in [-0.15, -0.1) is 24.0 Å². The van der Waals surface area contributed by atoms with Crippen molar-refractivity contribution in [1.29, 1.82) is 0 Å². The summed E-state index contributed by atoms with van der Waals surface area (Å²) in [6, 6.07) is 3.90. The van der Waals surface area contributed by atoms with E-state index in [1.165, 1.54) is 12.8 Å². The normalized spacial score (nSPS) is 14.4. The van der Waals surface area contributed by atoms with Gasteiger partial charge in [0.1, 0.15) is 0 Å². The third-order valence-electron chi connectivity index (χ3n) is 3.69. The Morgan fingerprint density at radius 3 is 2.39 bits per heavy atom. The summed E-state index contributed by atoms with van der Waals surface area (Å²) in [6.45, 7) is 5.73. The van der Waals surface area contributed by atoms with E-state index in [1.807, 2.05) is 12.1 Å². The number of aliphatic imine (C=N–C) groups is 1. The summed E-state index contributed by atoms with van der Waals surface area (Å²) in [5.41, 5.74) is 1.08. The Morgan fingerprint density at radius 1 is 1.22 bits per heavy atom. The second-order valence-corrected chi connectivity index (χ2v) is 6.02. The fourth-order valence-corrected chi connectivity index (χ4v) is 2.98. The van der Waals surface area contributed by atoms with Crippen LogP contribution in [0.3, 0.4) is 0 Å². The molecule has 1 heterocycles. The molecule has 23 heavy (non-hydrogen) atoms. The predicted octanol–water partition coefficient (Wildman–Crippen LogP) is 3.65. The molecule has 1 fully saturated rings. The van der Waals surface area contributed by atoms with Gasteiger partial charge in [-0.2, -0.15) is 0 Å². The van der Waals surface area contributed by atoms with E-state index in [4.69, 9.17) is 14.5 Å². The molecule has 2 rings (SSSR count). The monoisotopic (exact) mass is 497 g/mol. The zero-order chi connectivity index (χ0) is 15.9. The maximum absolute atomic E-state index is 5.37. The van der Waals surface area contributed by atoms with Gasteiger partial charge >= 0.3 is 0 Å². The topological polar surface area (TPSA) is 46.1 Å². The number of nitrogens with zero attached hydrogens (tertiary/aromatic N) is 2. The maximum atomic E-state index is 5.37. The highest BCUT2D eigenvalue weighted by atomic mass is 127. The summed E-state index contributed by atoms with van der Waals surface area (Å²) in [4.78, 5) is 7.08. The first-order valence-electron chi connectivity index (χ1n) is 7.63. The highest BCUT2D eigenvalue weighted by Gasteiger charge is 2.16. The number of benzene rings is 1. The van der Waals surface area contributed by atoms with Gasteiger partial charge in [-0.25, -0.2) is 4.99 Å². The van der Waals surface area contributed by atoms with Gasteiger partial charge in [-0.05, 0) is 37.5 Å². The molecule has 0 aliphatic carbocycles. The predicted molar refractivity (Wildman–Crippen MR) is 108 cm³/mol. The van der Waals surface area contributed by atoms with E-state index in [9.17, 15) is 0 Å². The van der Waals surface area contributed by atoms with Crippen molar-refractivity contribution in [3.05, 3.63) is 22.2 Å². The van der Waals surface area contributed by atoms with Crippen LogP contribution in [0.1, 0.15) is 25.3 Å². The van der Waals surface area contributed by atoms with Gasteiger partial charge in [-0.1, -0.05) is 15.9 Å². The third-order valence-corrected chi connectivity index (χ3v) is 4.43. The van der Waals surface area contributed by atoms with E-state index in [0.717, 1.165) is 41.4 Å². The van der Waals surface area contributed by atoms with Gasteiger partial charge in [0.05, 0.1) is 20.8 Å². The lowest BCUT2D eigenvalue weighted by atomic mass is 10.2. The minimum absolute atomic E-state index is 0. The molecule has 1 N–H and O–H groups in total. The van der Waals surface area contributed by atoms with Crippen molar-refractivity contribution in [3.8, 4) is 11.5 Å². The van der Waals surface area contributed by atoms with Gasteiger partial charge in [0.15, 0.2) is 17.5 Å². The lowest BCUT2D eigenvalue weighted by Crippen LogP contribution is -2.39. The molecule has 1 saturated heterocycles. The Balaban J connectivity index is 0.00000264. The average molecular weight is 498 g/mol. The molecule has 1 aromatic rings. The number of guanidine groups is 1. The highest BCUT2D eigenvalue weighted by molar-refractivity contribution is 14.0. The summed E-state index contributed by atoms with van der Waals surface area (Å²) in [5.74, 6) is 2.43. The third kappa shape index (κ3) is 5.41. The van der Waals surface area contributed by atoms with Crippen molar-refractivity contribution in [2.45, 2.75) is 26.3 Å². The minimum atomic E-state index is 0. The van der Waals surface area contributed by atoms with Crippen LogP contribution in [0.25, 0.3) is 0 Å². The van der Waals surface area contributed by atoms with Crippen LogP contribution in [0.2, 0.25) is 0 Å². The lowest BCUT2D eigenvalue weighted by molar-refractivity contribution is 0.354. The molecule has 7 heteroatoms. The molecule has 1 aromatic carbocycles. The number of methoxy groups -OCH3 is 2. The van der Waals surface area contributed by atoms with Crippen molar-refractivity contribution in [3.63, 3.8) is 0 Å². The quantitative estimate of drug-likeness (QED) is 0.383. The van der Waals surface area contributed by atoms with Crippen LogP contribution >= 0.6 is 39.9 Å². The van der Waals surface area contributed by atoms with Crippen molar-refractivity contribution in [2.75, 3.05) is 33.9 Å². The van der Waals surface area contributed by atoms with Crippen LogP contribution in [0.15, 0.2) is 21.6 Å². The van der Waals surface area contributed by atoms with Gasteiger partial charge in [0.2, 0.25) is 0 Å². The Kier molecular flexibility index (Phi) is 9.04. The highest BCUT2D eigenvalue weighted by Crippen LogP contribution is 2.33. The van der Waals surface area contributed by atoms with Crippen LogP contribution in [-0.4, -0.2) is 44.7 Å². The molecule has 0 bridgehead atoms. The van der Waals surface area contributed by atoms with E-state index >= 15 is 0 Å². The fraction of sp³-hybridized carbons (Fsp3) is 0.562. The number of nitrogens with one attached hydrogen (secondary N) is 1. The summed E-state index contributed by atoms with van der Waals surface area (Å²) < 4.78 is 11.6. The molecule has 1 aliphatic heterocycles. The van der Waals surface area contributed by atoms with Crippen molar-refractivity contribution < 1.29 is 9.47 Å². The molecule has 0 aromatic heterocycles. The Bertz CT molecular complexity index is 534. The lowest BCUT2D eigenvalue weighted by Gasteiger charge is -2.21. The summed E-state index contributed by atoms with van der Waals surface area (Å²) in [5, 5.41) is 3.37. The number of likely N-dealkylation sites (tertiary alicyclic amines) is 1. The van der Waals surface area contributed by atoms with Gasteiger partial charge in [0, 0.05) is 24.1 Å². The molecule has 5 nitrogen and oxygen atoms in total. The zero-order valence-electron chi connectivity index (χ0n) is 13.9. The molecule has 0 unspecified atom stereocenters. The summed E-state index contributed by atoms with van der Waals surface area (Å²) in [7, 11) is 3.28. The molecule has 0 saturated carbocycles. The number of rotatable bonds is 5. The van der Waals surface area contributed by atoms with Crippen LogP contribution in [0.4, 0.5) is 0 Å². The molecule has 0 atom stereocenters. The van der Waals surface area contributed by atoms with E-state index in [-0.39, 0.29) is 24.0 Å². The molecular weight excluding hydrogens is 473 g/mol. The van der Waals surface area contributed by atoms with Crippen LogP contribution < -0.4 is 14.8 Å². The van der Waals surface area contributed by atoms with Crippen LogP contribution in [0, 0.1) is 0 Å².